The maximum Gasteiger partial charge on any atom is 0.121 e. The number of benzene rings is 1. The highest BCUT2D eigenvalue weighted by Gasteiger charge is 1.90. The van der Waals surface area contributed by atoms with Gasteiger partial charge in [-0.15, -0.1) is 11.6 Å². The third-order valence-corrected chi connectivity index (χ3v) is 1.72. The maximum atomic E-state index is 5.62. The Kier molecular flexibility index (Phi) is 3.40. The fourth-order valence-electron chi connectivity index (χ4n) is 0.672. The molecule has 0 spiro atoms. The molecule has 0 saturated carbocycles. The van der Waals surface area contributed by atoms with Gasteiger partial charge >= 0.3 is 0 Å². The zero-order chi connectivity index (χ0) is 8.10. The van der Waals surface area contributed by atoms with Crippen molar-refractivity contribution in [2.75, 3.05) is 5.88 Å². The van der Waals surface area contributed by atoms with Gasteiger partial charge in [-0.2, -0.15) is 0 Å². The number of nitrogens with zero attached hydrogens (tertiary/aromatic N) is 1. The Balaban J connectivity index is 2.79. The molecule has 0 amide bonds. The summed E-state index contributed by atoms with van der Waals surface area (Å²) in [7, 11) is 0. The van der Waals surface area contributed by atoms with E-state index < -0.39 is 0 Å². The smallest absolute Gasteiger partial charge is 0.121 e. The van der Waals surface area contributed by atoms with Gasteiger partial charge in [-0.1, -0.05) is 29.8 Å². The Hall–Kier alpha value is -0.530. The summed E-state index contributed by atoms with van der Waals surface area (Å²) in [5.74, 6) is 0.260. The molecule has 0 aliphatic heterocycles. The lowest BCUT2D eigenvalue weighted by Gasteiger charge is -1.92. The van der Waals surface area contributed by atoms with Crippen LogP contribution in [-0.4, -0.2) is 11.1 Å². The lowest BCUT2D eigenvalue weighted by Crippen LogP contribution is -1.85. The zero-order valence-corrected chi connectivity index (χ0v) is 7.31. The first kappa shape index (κ1) is 8.57. The van der Waals surface area contributed by atoms with Crippen molar-refractivity contribution in [2.24, 2.45) is 4.99 Å². The quantitative estimate of drug-likeness (QED) is 0.499. The Labute approximate surface area is 75.7 Å². The summed E-state index contributed by atoms with van der Waals surface area (Å²) in [6, 6.07) is 9.46. The Morgan fingerprint density at radius 3 is 2.45 bits per heavy atom. The molecule has 0 fully saturated rings. The van der Waals surface area contributed by atoms with Crippen molar-refractivity contribution >= 4 is 34.1 Å². The molecule has 1 aromatic rings. The van der Waals surface area contributed by atoms with Crippen LogP contribution in [0, 0.1) is 0 Å². The van der Waals surface area contributed by atoms with Crippen molar-refractivity contribution in [1.82, 2.24) is 0 Å². The van der Waals surface area contributed by atoms with Crippen LogP contribution in [0.5, 0.6) is 0 Å². The third kappa shape index (κ3) is 2.91. The average Bonchev–Trinajstić information content (AvgIpc) is 2.06. The molecule has 3 heteroatoms. The molecule has 0 unspecified atom stereocenters. The van der Waals surface area contributed by atoms with Gasteiger partial charge in [0.2, 0.25) is 0 Å². The SMILES string of the molecule is ClCC(Cl)=Nc1ccccc1. The van der Waals surface area contributed by atoms with Gasteiger partial charge in [-0.3, -0.25) is 0 Å². The van der Waals surface area contributed by atoms with Gasteiger partial charge in [-0.05, 0) is 12.1 Å². The number of halogens is 2. The van der Waals surface area contributed by atoms with E-state index >= 15 is 0 Å². The van der Waals surface area contributed by atoms with Crippen LogP contribution in [0.3, 0.4) is 0 Å². The normalized spacial score (nSPS) is 11.6. The van der Waals surface area contributed by atoms with Gasteiger partial charge in [0.1, 0.15) is 5.17 Å². The Morgan fingerprint density at radius 1 is 1.27 bits per heavy atom. The van der Waals surface area contributed by atoms with Crippen LogP contribution in [0.25, 0.3) is 0 Å². The Bertz CT molecular complexity index is 244. The van der Waals surface area contributed by atoms with Crippen LogP contribution in [0.2, 0.25) is 0 Å². The number of alkyl halides is 1. The molecule has 0 saturated heterocycles. The topological polar surface area (TPSA) is 12.4 Å². The summed E-state index contributed by atoms with van der Waals surface area (Å²) < 4.78 is 0. The van der Waals surface area contributed by atoms with Crippen LogP contribution in [0.1, 0.15) is 0 Å². The van der Waals surface area contributed by atoms with E-state index in [4.69, 9.17) is 23.2 Å². The second kappa shape index (κ2) is 4.37. The molecule has 0 aliphatic carbocycles. The van der Waals surface area contributed by atoms with E-state index in [-0.39, 0.29) is 5.88 Å². The number of aliphatic imine (C=N–C) groups is 1. The standard InChI is InChI=1S/C8H7Cl2N/c9-6-8(10)11-7-4-2-1-3-5-7/h1-5H,6H2. The average molecular weight is 188 g/mol. The summed E-state index contributed by atoms with van der Waals surface area (Å²) in [5, 5.41) is 0.415. The summed E-state index contributed by atoms with van der Waals surface area (Å²) in [4.78, 5) is 4.03. The predicted octanol–water partition coefficient (Wildman–Crippen LogP) is 3.19. The third-order valence-electron chi connectivity index (χ3n) is 1.12. The van der Waals surface area contributed by atoms with E-state index in [0.717, 1.165) is 5.69 Å². The minimum absolute atomic E-state index is 0.260. The fraction of sp³-hybridized carbons (Fsp3) is 0.125. The van der Waals surface area contributed by atoms with E-state index in [1.165, 1.54) is 0 Å². The maximum absolute atomic E-state index is 5.62. The fourth-order valence-corrected chi connectivity index (χ4v) is 0.830. The van der Waals surface area contributed by atoms with Gasteiger partial charge in [0, 0.05) is 0 Å². The largest absolute Gasteiger partial charge is 0.240 e. The summed E-state index contributed by atoms with van der Waals surface area (Å²) >= 11 is 11.1. The molecule has 0 heterocycles. The lowest BCUT2D eigenvalue weighted by atomic mass is 10.3. The van der Waals surface area contributed by atoms with Gasteiger partial charge in [-0.25, -0.2) is 4.99 Å². The van der Waals surface area contributed by atoms with Crippen LogP contribution in [0.15, 0.2) is 35.3 Å². The molecule has 0 atom stereocenters. The predicted molar refractivity (Wildman–Crippen MR) is 50.1 cm³/mol. The van der Waals surface area contributed by atoms with E-state index in [9.17, 15) is 0 Å². The van der Waals surface area contributed by atoms with E-state index in [0.29, 0.717) is 5.17 Å². The molecular formula is C8H7Cl2N. The van der Waals surface area contributed by atoms with Crippen molar-refractivity contribution in [3.05, 3.63) is 30.3 Å². The minimum atomic E-state index is 0.260. The molecule has 11 heavy (non-hydrogen) atoms. The van der Waals surface area contributed by atoms with Crippen molar-refractivity contribution < 1.29 is 0 Å². The van der Waals surface area contributed by atoms with E-state index in [1.54, 1.807) is 0 Å². The molecule has 0 aliphatic rings. The second-order valence-electron chi connectivity index (χ2n) is 1.96. The molecule has 0 bridgehead atoms. The van der Waals surface area contributed by atoms with Crippen LogP contribution in [0.4, 0.5) is 5.69 Å². The van der Waals surface area contributed by atoms with Crippen LogP contribution >= 0.6 is 23.2 Å². The highest BCUT2D eigenvalue weighted by Crippen LogP contribution is 2.11. The zero-order valence-electron chi connectivity index (χ0n) is 5.80. The number of hydrogen-bond donors (Lipinski definition) is 0. The van der Waals surface area contributed by atoms with Gasteiger partial charge in [0.15, 0.2) is 0 Å². The molecular weight excluding hydrogens is 181 g/mol. The van der Waals surface area contributed by atoms with Crippen molar-refractivity contribution in [1.29, 1.82) is 0 Å². The van der Waals surface area contributed by atoms with Crippen molar-refractivity contribution in [3.63, 3.8) is 0 Å². The number of para-hydroxylation sites is 1. The van der Waals surface area contributed by atoms with Gasteiger partial charge in [0.25, 0.3) is 0 Å². The molecule has 58 valence electrons. The highest BCUT2D eigenvalue weighted by molar-refractivity contribution is 6.69. The molecule has 0 N–H and O–H groups in total. The lowest BCUT2D eigenvalue weighted by molar-refractivity contribution is 1.52. The number of hydrogen-bond acceptors (Lipinski definition) is 1. The first-order valence-electron chi connectivity index (χ1n) is 3.17. The minimum Gasteiger partial charge on any atom is -0.240 e. The first-order chi connectivity index (χ1) is 5.33. The summed E-state index contributed by atoms with van der Waals surface area (Å²) in [6.45, 7) is 0. The van der Waals surface area contributed by atoms with E-state index in [2.05, 4.69) is 4.99 Å². The van der Waals surface area contributed by atoms with Crippen molar-refractivity contribution in [3.8, 4) is 0 Å². The monoisotopic (exact) mass is 187 g/mol. The molecule has 1 nitrogen and oxygen atoms in total. The van der Waals surface area contributed by atoms with Crippen LogP contribution in [-0.2, 0) is 0 Å². The van der Waals surface area contributed by atoms with Gasteiger partial charge < -0.3 is 0 Å². The van der Waals surface area contributed by atoms with Crippen molar-refractivity contribution in [2.45, 2.75) is 0 Å². The van der Waals surface area contributed by atoms with E-state index in [1.807, 2.05) is 30.3 Å². The molecule has 1 rings (SSSR count). The molecule has 0 radical (unpaired) electrons. The Morgan fingerprint density at radius 2 is 1.91 bits per heavy atom. The first-order valence-corrected chi connectivity index (χ1v) is 4.08. The highest BCUT2D eigenvalue weighted by atomic mass is 35.5. The summed E-state index contributed by atoms with van der Waals surface area (Å²) in [5.41, 5.74) is 0.832. The summed E-state index contributed by atoms with van der Waals surface area (Å²) in [6.07, 6.45) is 0. The van der Waals surface area contributed by atoms with Gasteiger partial charge in [0.05, 0.1) is 11.6 Å². The van der Waals surface area contributed by atoms with Crippen LogP contribution < -0.4 is 0 Å². The number of rotatable bonds is 2. The molecule has 1 aromatic carbocycles. The molecule has 0 aromatic heterocycles. The second-order valence-corrected chi connectivity index (χ2v) is 2.66.